The topological polar surface area (TPSA) is 111 Å². The standard InChI is InChI=1S/C20H21N3O5S/c1-4-18-19(13(2)22-28-18)20(24)21-16-7-5-6-8-17(16)23-29(25,26)15-11-9-14(27-3)10-12-15/h5-12,23H,4H2,1-3H3,(H,21,24). The van der Waals surface area contributed by atoms with Crippen LogP contribution in [0.2, 0.25) is 0 Å². The second kappa shape index (κ2) is 8.36. The van der Waals surface area contributed by atoms with Gasteiger partial charge in [0.25, 0.3) is 15.9 Å². The number of anilines is 2. The largest absolute Gasteiger partial charge is 0.497 e. The maximum absolute atomic E-state index is 12.7. The van der Waals surface area contributed by atoms with Gasteiger partial charge in [0.1, 0.15) is 17.1 Å². The number of carbonyl (C=O) groups excluding carboxylic acids is 1. The number of hydrogen-bond acceptors (Lipinski definition) is 6. The van der Waals surface area contributed by atoms with Crippen LogP contribution in [0.4, 0.5) is 11.4 Å². The molecule has 2 N–H and O–H groups in total. The first-order valence-corrected chi connectivity index (χ1v) is 10.4. The fourth-order valence-corrected chi connectivity index (χ4v) is 3.85. The minimum absolute atomic E-state index is 0.0718. The van der Waals surface area contributed by atoms with Crippen molar-refractivity contribution in [2.45, 2.75) is 25.2 Å². The van der Waals surface area contributed by atoms with Gasteiger partial charge in [-0.05, 0) is 43.3 Å². The zero-order chi connectivity index (χ0) is 21.0. The molecule has 0 saturated carbocycles. The molecule has 0 fully saturated rings. The minimum atomic E-state index is -3.86. The van der Waals surface area contributed by atoms with Crippen LogP contribution < -0.4 is 14.8 Å². The molecule has 0 atom stereocenters. The first kappa shape index (κ1) is 20.4. The second-order valence-corrected chi connectivity index (χ2v) is 7.88. The molecule has 1 amide bonds. The Bertz CT molecular complexity index is 1120. The lowest BCUT2D eigenvalue weighted by atomic mass is 10.1. The van der Waals surface area contributed by atoms with Gasteiger partial charge in [-0.15, -0.1) is 0 Å². The molecule has 2 aromatic carbocycles. The quantitative estimate of drug-likeness (QED) is 0.610. The highest BCUT2D eigenvalue weighted by atomic mass is 32.2. The number of rotatable bonds is 7. The van der Waals surface area contributed by atoms with Crippen LogP contribution >= 0.6 is 0 Å². The van der Waals surface area contributed by atoms with E-state index in [9.17, 15) is 13.2 Å². The molecule has 1 aromatic heterocycles. The van der Waals surface area contributed by atoms with Crippen molar-refractivity contribution in [2.24, 2.45) is 0 Å². The van der Waals surface area contributed by atoms with E-state index in [2.05, 4.69) is 15.2 Å². The van der Waals surface area contributed by atoms with E-state index in [1.165, 1.54) is 19.2 Å². The van der Waals surface area contributed by atoms with Crippen LogP contribution in [0, 0.1) is 6.92 Å². The van der Waals surface area contributed by atoms with Gasteiger partial charge in [-0.1, -0.05) is 24.2 Å². The first-order chi connectivity index (χ1) is 13.9. The van der Waals surface area contributed by atoms with Crippen molar-refractivity contribution in [1.29, 1.82) is 0 Å². The zero-order valence-corrected chi connectivity index (χ0v) is 17.0. The molecule has 0 bridgehead atoms. The molecule has 0 aliphatic carbocycles. The molecule has 0 saturated heterocycles. The lowest BCUT2D eigenvalue weighted by Gasteiger charge is -2.14. The summed E-state index contributed by atoms with van der Waals surface area (Å²) in [7, 11) is -2.36. The maximum atomic E-state index is 12.7. The molecule has 0 aliphatic rings. The number of aryl methyl sites for hydroxylation is 2. The van der Waals surface area contributed by atoms with Crippen LogP contribution in [0.1, 0.15) is 28.7 Å². The normalized spacial score (nSPS) is 11.1. The number of methoxy groups -OCH3 is 1. The molecule has 152 valence electrons. The number of carbonyl (C=O) groups is 1. The molecular weight excluding hydrogens is 394 g/mol. The third kappa shape index (κ3) is 4.40. The Kier molecular flexibility index (Phi) is 5.88. The van der Waals surface area contributed by atoms with Gasteiger partial charge in [-0.3, -0.25) is 9.52 Å². The Morgan fingerprint density at radius 3 is 2.38 bits per heavy atom. The van der Waals surface area contributed by atoms with E-state index >= 15 is 0 Å². The lowest BCUT2D eigenvalue weighted by molar-refractivity contribution is 0.102. The number of hydrogen-bond donors (Lipinski definition) is 2. The van der Waals surface area contributed by atoms with E-state index in [0.29, 0.717) is 34.9 Å². The van der Waals surface area contributed by atoms with Crippen LogP contribution in [-0.2, 0) is 16.4 Å². The molecular formula is C20H21N3O5S. The lowest BCUT2D eigenvalue weighted by Crippen LogP contribution is -2.18. The molecule has 9 heteroatoms. The minimum Gasteiger partial charge on any atom is -0.497 e. The zero-order valence-electron chi connectivity index (χ0n) is 16.2. The molecule has 0 radical (unpaired) electrons. The molecule has 1 heterocycles. The fraction of sp³-hybridized carbons (Fsp3) is 0.200. The molecule has 0 unspecified atom stereocenters. The highest BCUT2D eigenvalue weighted by Crippen LogP contribution is 2.26. The molecule has 0 aliphatic heterocycles. The molecule has 8 nitrogen and oxygen atoms in total. The van der Waals surface area contributed by atoms with Crippen LogP contribution in [0.5, 0.6) is 5.75 Å². The number of nitrogens with zero attached hydrogens (tertiary/aromatic N) is 1. The van der Waals surface area contributed by atoms with E-state index in [0.717, 1.165) is 0 Å². The van der Waals surface area contributed by atoms with Gasteiger partial charge < -0.3 is 14.6 Å². The summed E-state index contributed by atoms with van der Waals surface area (Å²) in [5.74, 6) is 0.598. The Morgan fingerprint density at radius 2 is 1.76 bits per heavy atom. The average Bonchev–Trinajstić information content (AvgIpc) is 3.10. The highest BCUT2D eigenvalue weighted by molar-refractivity contribution is 7.92. The van der Waals surface area contributed by atoms with Gasteiger partial charge in [0.2, 0.25) is 0 Å². The molecule has 29 heavy (non-hydrogen) atoms. The van der Waals surface area contributed by atoms with Crippen molar-refractivity contribution in [3.63, 3.8) is 0 Å². The van der Waals surface area contributed by atoms with Gasteiger partial charge in [0, 0.05) is 6.42 Å². The highest BCUT2D eigenvalue weighted by Gasteiger charge is 2.21. The van der Waals surface area contributed by atoms with Crippen molar-refractivity contribution >= 4 is 27.3 Å². The molecule has 3 aromatic rings. The van der Waals surface area contributed by atoms with Crippen molar-refractivity contribution < 1.29 is 22.5 Å². The van der Waals surface area contributed by atoms with Gasteiger partial charge in [0.05, 0.1) is 29.1 Å². The predicted molar refractivity (Wildman–Crippen MR) is 109 cm³/mol. The number of nitrogens with one attached hydrogen (secondary N) is 2. The Balaban J connectivity index is 1.87. The summed E-state index contributed by atoms with van der Waals surface area (Å²) in [5, 5.41) is 6.56. The summed E-state index contributed by atoms with van der Waals surface area (Å²) in [6.45, 7) is 3.53. The van der Waals surface area contributed by atoms with Crippen LogP contribution in [0.3, 0.4) is 0 Å². The van der Waals surface area contributed by atoms with Gasteiger partial charge in [-0.2, -0.15) is 0 Å². The number of aromatic nitrogens is 1. The summed E-state index contributed by atoms with van der Waals surface area (Å²) in [5.41, 5.74) is 1.37. The second-order valence-electron chi connectivity index (χ2n) is 6.20. The summed E-state index contributed by atoms with van der Waals surface area (Å²) in [4.78, 5) is 12.8. The SMILES string of the molecule is CCc1onc(C)c1C(=O)Nc1ccccc1NS(=O)(=O)c1ccc(OC)cc1. The van der Waals surface area contributed by atoms with E-state index in [1.54, 1.807) is 43.3 Å². The van der Waals surface area contributed by atoms with Crippen molar-refractivity contribution in [3.8, 4) is 5.75 Å². The number of amides is 1. The van der Waals surface area contributed by atoms with E-state index in [4.69, 9.17) is 9.26 Å². The average molecular weight is 415 g/mol. The van der Waals surface area contributed by atoms with Crippen LogP contribution in [0.15, 0.2) is 57.9 Å². The molecule has 0 spiro atoms. The summed E-state index contributed by atoms with van der Waals surface area (Å²) < 4.78 is 38.2. The summed E-state index contributed by atoms with van der Waals surface area (Å²) >= 11 is 0. The van der Waals surface area contributed by atoms with Crippen molar-refractivity contribution in [2.75, 3.05) is 17.1 Å². The van der Waals surface area contributed by atoms with Crippen molar-refractivity contribution in [1.82, 2.24) is 5.16 Å². The van der Waals surface area contributed by atoms with Gasteiger partial charge >= 0.3 is 0 Å². The first-order valence-electron chi connectivity index (χ1n) is 8.88. The van der Waals surface area contributed by atoms with E-state index < -0.39 is 15.9 Å². The fourth-order valence-electron chi connectivity index (χ4n) is 2.77. The Labute approximate surface area is 168 Å². The van der Waals surface area contributed by atoms with E-state index in [1.807, 2.05) is 6.92 Å². The molecule has 3 rings (SSSR count). The Hall–Kier alpha value is -3.33. The maximum Gasteiger partial charge on any atom is 0.261 e. The number of benzene rings is 2. The smallest absolute Gasteiger partial charge is 0.261 e. The summed E-state index contributed by atoms with van der Waals surface area (Å²) in [6.07, 6.45) is 0.509. The Morgan fingerprint density at radius 1 is 1.10 bits per heavy atom. The number of para-hydroxylation sites is 2. The number of ether oxygens (including phenoxy) is 1. The summed E-state index contributed by atoms with van der Waals surface area (Å²) in [6, 6.07) is 12.5. The third-order valence-corrected chi connectivity index (χ3v) is 5.65. The van der Waals surface area contributed by atoms with Crippen LogP contribution in [-0.4, -0.2) is 26.6 Å². The predicted octanol–water partition coefficient (Wildman–Crippen LogP) is 3.61. The monoisotopic (exact) mass is 415 g/mol. The number of sulfonamides is 1. The third-order valence-electron chi connectivity index (χ3n) is 4.27. The van der Waals surface area contributed by atoms with Gasteiger partial charge in [-0.25, -0.2) is 8.42 Å². The van der Waals surface area contributed by atoms with E-state index in [-0.39, 0.29) is 10.6 Å². The van der Waals surface area contributed by atoms with Crippen molar-refractivity contribution in [3.05, 3.63) is 65.5 Å². The van der Waals surface area contributed by atoms with Crippen LogP contribution in [0.25, 0.3) is 0 Å². The van der Waals surface area contributed by atoms with Gasteiger partial charge in [0.15, 0.2) is 0 Å².